The number of quaternary nitrogens is 1. The van der Waals surface area contributed by atoms with Crippen molar-refractivity contribution in [2.45, 2.75) is 19.4 Å². The summed E-state index contributed by atoms with van der Waals surface area (Å²) in [4.78, 5) is 2.12. The zero-order chi connectivity index (χ0) is 12.0. The predicted molar refractivity (Wildman–Crippen MR) is 70.4 cm³/mol. The molecule has 1 aromatic rings. The van der Waals surface area contributed by atoms with Crippen molar-refractivity contribution in [3.8, 4) is 0 Å². The molecule has 1 heterocycles. The van der Waals surface area contributed by atoms with Gasteiger partial charge in [0.05, 0.1) is 10.1 Å². The molecule has 0 unspecified atom stereocenters. The zero-order valence-electron chi connectivity index (χ0n) is 10.3. The van der Waals surface area contributed by atoms with E-state index < -0.39 is 10.1 Å². The Kier molecular flexibility index (Phi) is 7.56. The van der Waals surface area contributed by atoms with Crippen LogP contribution in [0.4, 0.5) is 0 Å². The molecule has 5 nitrogen and oxygen atoms in total. The Morgan fingerprint density at radius 1 is 1.41 bits per heavy atom. The summed E-state index contributed by atoms with van der Waals surface area (Å²) in [5, 5.41) is 4.13. The Morgan fingerprint density at radius 3 is 2.65 bits per heavy atom. The minimum Gasteiger partial charge on any atom is -0.748 e. The Morgan fingerprint density at radius 2 is 2.12 bits per heavy atom. The minimum absolute atomic E-state index is 0. The Balaban J connectivity index is 0.00000256. The van der Waals surface area contributed by atoms with Gasteiger partial charge in [0.25, 0.3) is 0 Å². The van der Waals surface area contributed by atoms with E-state index in [0.717, 1.165) is 19.5 Å². The van der Waals surface area contributed by atoms with Gasteiger partial charge in [-0.1, -0.05) is 0 Å². The standard InChI is InChI=1S/C10H17NO3S2.H3N/c1-11(8-10-4-6-15-9-10)5-2-3-7-16(12,13)14;/h4,6,9H,2-3,5,7-8H2,1H3,(H,12,13,14);1H3. The van der Waals surface area contributed by atoms with E-state index in [4.69, 9.17) is 0 Å². The van der Waals surface area contributed by atoms with E-state index in [1.807, 2.05) is 12.4 Å². The molecule has 0 aliphatic heterocycles. The highest BCUT2D eigenvalue weighted by atomic mass is 32.2. The van der Waals surface area contributed by atoms with Crippen LogP contribution in [0.5, 0.6) is 0 Å². The van der Waals surface area contributed by atoms with Crippen molar-refractivity contribution >= 4 is 21.5 Å². The monoisotopic (exact) mass is 280 g/mol. The smallest absolute Gasteiger partial charge is 0.0945 e. The van der Waals surface area contributed by atoms with Crippen LogP contribution in [0.25, 0.3) is 0 Å². The predicted octanol–water partition coefficient (Wildman–Crippen LogP) is 1.88. The Labute approximate surface area is 107 Å². The van der Waals surface area contributed by atoms with Crippen LogP contribution < -0.4 is 6.15 Å². The van der Waals surface area contributed by atoms with E-state index >= 15 is 0 Å². The minimum atomic E-state index is -4.04. The van der Waals surface area contributed by atoms with Gasteiger partial charge in [0, 0.05) is 12.3 Å². The number of rotatable bonds is 7. The van der Waals surface area contributed by atoms with Crippen LogP contribution >= 0.6 is 11.3 Å². The fourth-order valence-corrected chi connectivity index (χ4v) is 2.65. The van der Waals surface area contributed by atoms with Crippen molar-refractivity contribution in [2.75, 3.05) is 19.3 Å². The van der Waals surface area contributed by atoms with E-state index in [0.29, 0.717) is 6.42 Å². The molecular weight excluding hydrogens is 260 g/mol. The molecule has 17 heavy (non-hydrogen) atoms. The molecule has 7 heteroatoms. The molecule has 0 bridgehead atoms. The summed E-state index contributed by atoms with van der Waals surface area (Å²) in [7, 11) is -2.05. The lowest BCUT2D eigenvalue weighted by molar-refractivity contribution is 0.320. The fourth-order valence-electron chi connectivity index (χ4n) is 1.43. The van der Waals surface area contributed by atoms with Gasteiger partial charge in [-0.25, -0.2) is 8.42 Å². The Bertz CT molecular complexity index is 390. The molecule has 0 saturated heterocycles. The topological polar surface area (TPSA) is 96.9 Å². The molecule has 0 radical (unpaired) electrons. The normalized spacial score (nSPS) is 11.5. The SMILES string of the molecule is CN(CCCCS(=O)(=O)[O-])Cc1ccsc1.[NH4+]. The summed E-state index contributed by atoms with van der Waals surface area (Å²) >= 11 is 1.67. The van der Waals surface area contributed by atoms with Crippen molar-refractivity contribution in [3.05, 3.63) is 22.4 Å². The second kappa shape index (κ2) is 7.78. The van der Waals surface area contributed by atoms with Crippen LogP contribution in [0.2, 0.25) is 0 Å². The van der Waals surface area contributed by atoms with Gasteiger partial charge in [0.15, 0.2) is 0 Å². The first-order valence-corrected chi connectivity index (χ1v) is 7.62. The average Bonchev–Trinajstić information content (AvgIpc) is 2.63. The largest absolute Gasteiger partial charge is 0.748 e. The van der Waals surface area contributed by atoms with Crippen molar-refractivity contribution in [3.63, 3.8) is 0 Å². The summed E-state index contributed by atoms with van der Waals surface area (Å²) in [6.45, 7) is 1.68. The molecule has 1 aromatic heterocycles. The van der Waals surface area contributed by atoms with Gasteiger partial charge in [0.2, 0.25) is 0 Å². The molecule has 0 saturated carbocycles. The number of hydrogen-bond acceptors (Lipinski definition) is 5. The first kappa shape index (κ1) is 16.5. The molecular formula is C10H20N2O3S2. The van der Waals surface area contributed by atoms with Crippen LogP contribution in [0.15, 0.2) is 16.8 Å². The zero-order valence-corrected chi connectivity index (χ0v) is 11.9. The quantitative estimate of drug-likeness (QED) is 0.609. The first-order valence-electron chi connectivity index (χ1n) is 5.10. The van der Waals surface area contributed by atoms with Crippen LogP contribution in [-0.2, 0) is 16.7 Å². The summed E-state index contributed by atoms with van der Waals surface area (Å²) in [5.41, 5.74) is 1.27. The maximum absolute atomic E-state index is 10.4. The molecule has 100 valence electrons. The van der Waals surface area contributed by atoms with Crippen molar-refractivity contribution < 1.29 is 13.0 Å². The van der Waals surface area contributed by atoms with E-state index in [1.165, 1.54) is 5.56 Å². The van der Waals surface area contributed by atoms with E-state index in [2.05, 4.69) is 16.3 Å². The van der Waals surface area contributed by atoms with Gasteiger partial charge >= 0.3 is 0 Å². The van der Waals surface area contributed by atoms with Gasteiger partial charge in [0.1, 0.15) is 0 Å². The summed E-state index contributed by atoms with van der Waals surface area (Å²) < 4.78 is 31.1. The van der Waals surface area contributed by atoms with Crippen LogP contribution in [-0.4, -0.2) is 37.2 Å². The second-order valence-corrected chi connectivity index (χ2v) is 6.14. The number of thiophene rings is 1. The van der Waals surface area contributed by atoms with Crippen molar-refractivity contribution in [1.82, 2.24) is 11.1 Å². The highest BCUT2D eigenvalue weighted by Crippen LogP contribution is 2.08. The third kappa shape index (κ3) is 8.28. The van der Waals surface area contributed by atoms with Gasteiger partial charge in [-0.05, 0) is 48.8 Å². The highest BCUT2D eigenvalue weighted by Gasteiger charge is 2.01. The lowest BCUT2D eigenvalue weighted by atomic mass is 10.3. The van der Waals surface area contributed by atoms with Gasteiger partial charge < -0.3 is 15.6 Å². The molecule has 0 aliphatic carbocycles. The fraction of sp³-hybridized carbons (Fsp3) is 0.600. The third-order valence-electron chi connectivity index (χ3n) is 2.22. The highest BCUT2D eigenvalue weighted by molar-refractivity contribution is 7.85. The molecule has 0 amide bonds. The van der Waals surface area contributed by atoms with Gasteiger partial charge in [-0.3, -0.25) is 0 Å². The van der Waals surface area contributed by atoms with Gasteiger partial charge in [-0.15, -0.1) is 0 Å². The van der Waals surface area contributed by atoms with Crippen LogP contribution in [0.3, 0.4) is 0 Å². The molecule has 0 atom stereocenters. The number of unbranched alkanes of at least 4 members (excludes halogenated alkanes) is 1. The van der Waals surface area contributed by atoms with E-state index in [9.17, 15) is 13.0 Å². The molecule has 0 spiro atoms. The number of nitrogens with zero attached hydrogens (tertiary/aromatic N) is 1. The van der Waals surface area contributed by atoms with Crippen LogP contribution in [0, 0.1) is 0 Å². The Hall–Kier alpha value is -0.470. The maximum atomic E-state index is 10.4. The van der Waals surface area contributed by atoms with Gasteiger partial charge in [-0.2, -0.15) is 11.3 Å². The first-order chi connectivity index (χ1) is 7.47. The molecule has 0 fully saturated rings. The molecule has 4 N–H and O–H groups in total. The average molecular weight is 280 g/mol. The van der Waals surface area contributed by atoms with E-state index in [-0.39, 0.29) is 11.9 Å². The summed E-state index contributed by atoms with van der Waals surface area (Å²) in [5.74, 6) is -0.251. The molecule has 1 rings (SSSR count). The van der Waals surface area contributed by atoms with E-state index in [1.54, 1.807) is 11.3 Å². The van der Waals surface area contributed by atoms with Crippen molar-refractivity contribution in [2.24, 2.45) is 0 Å². The number of hydrogen-bond donors (Lipinski definition) is 1. The molecule has 0 aromatic carbocycles. The van der Waals surface area contributed by atoms with Crippen LogP contribution in [0.1, 0.15) is 18.4 Å². The lowest BCUT2D eigenvalue weighted by Gasteiger charge is -2.15. The van der Waals surface area contributed by atoms with Crippen molar-refractivity contribution in [1.29, 1.82) is 0 Å². The summed E-state index contributed by atoms with van der Waals surface area (Å²) in [6, 6.07) is 2.07. The summed E-state index contributed by atoms with van der Waals surface area (Å²) in [6.07, 6.45) is 1.18. The maximum Gasteiger partial charge on any atom is 0.0945 e. The molecule has 0 aliphatic rings. The third-order valence-corrected chi connectivity index (χ3v) is 3.74. The lowest BCUT2D eigenvalue weighted by Crippen LogP contribution is -2.19. The second-order valence-electron chi connectivity index (χ2n) is 3.84.